The van der Waals surface area contributed by atoms with Crippen LogP contribution in [0.5, 0.6) is 0 Å². The number of hydrogen-bond donors (Lipinski definition) is 0. The Kier molecular flexibility index (Phi) is 6.82. The molecule has 32 heavy (non-hydrogen) atoms. The van der Waals surface area contributed by atoms with Gasteiger partial charge in [0.2, 0.25) is 0 Å². The van der Waals surface area contributed by atoms with Crippen LogP contribution in [-0.4, -0.2) is 16.8 Å². The smallest absolute Gasteiger partial charge is 0.160 e. The lowest BCUT2D eigenvalue weighted by Gasteiger charge is -2.21. The molecule has 12 heteroatoms. The van der Waals surface area contributed by atoms with Gasteiger partial charge < -0.3 is 0 Å². The molecule has 0 bridgehead atoms. The minimum absolute atomic E-state index is 0.378. The third-order valence-electron chi connectivity index (χ3n) is 5.52. The van der Waals surface area contributed by atoms with Gasteiger partial charge in [-0.15, -0.1) is 0 Å². The standard InChI is InChI=1S/2C10H10O4S2/c11-15-5-9-1-7-3-13-16(12)6-10(7)2-8(9)4-14-15;11-15-5-9-2-10-6-16(12)14-4-8(10)1-7(9)3-13-15/h2*1-2H,3-6H2. The van der Waals surface area contributed by atoms with Crippen molar-refractivity contribution in [3.63, 3.8) is 0 Å². The molecule has 0 radical (unpaired) electrons. The van der Waals surface area contributed by atoms with Gasteiger partial charge >= 0.3 is 0 Å². The second-order valence-corrected chi connectivity index (χ2v) is 12.1. The second-order valence-electron chi connectivity index (χ2n) is 7.62. The molecular weight excluding hydrogens is 496 g/mol. The molecule has 4 unspecified atom stereocenters. The van der Waals surface area contributed by atoms with Crippen LogP contribution in [0.15, 0.2) is 24.3 Å². The third-order valence-corrected chi connectivity index (χ3v) is 9.23. The SMILES string of the molecule is O=S1Cc2cc3c(cc2CO1)COS(=O)C3.O=S1Cc2cc3c(cc2CO1)CS(=O)OC3. The molecule has 0 saturated heterocycles. The van der Waals surface area contributed by atoms with E-state index in [1.54, 1.807) is 0 Å². The predicted molar refractivity (Wildman–Crippen MR) is 119 cm³/mol. The summed E-state index contributed by atoms with van der Waals surface area (Å²) in [5, 5.41) is 0. The molecule has 0 spiro atoms. The number of hydrogen-bond acceptors (Lipinski definition) is 8. The van der Waals surface area contributed by atoms with Gasteiger partial charge in [-0.05, 0) is 44.5 Å². The van der Waals surface area contributed by atoms with Crippen LogP contribution in [0.1, 0.15) is 44.5 Å². The Labute approximate surface area is 195 Å². The molecule has 0 fully saturated rings. The zero-order valence-corrected chi connectivity index (χ0v) is 20.1. The average molecular weight is 517 g/mol. The van der Waals surface area contributed by atoms with Crippen LogP contribution in [0.4, 0.5) is 0 Å². The zero-order chi connectivity index (χ0) is 22.2. The van der Waals surface area contributed by atoms with Crippen molar-refractivity contribution in [2.45, 2.75) is 49.4 Å². The van der Waals surface area contributed by atoms with Gasteiger partial charge in [0.15, 0.2) is 44.3 Å². The fourth-order valence-electron chi connectivity index (χ4n) is 3.85. The Bertz CT molecular complexity index is 1090. The summed E-state index contributed by atoms with van der Waals surface area (Å²) in [6, 6.07) is 8.01. The highest BCUT2D eigenvalue weighted by Gasteiger charge is 2.23. The Morgan fingerprint density at radius 3 is 0.906 bits per heavy atom. The summed E-state index contributed by atoms with van der Waals surface area (Å²) in [5.41, 5.74) is 8.43. The topological polar surface area (TPSA) is 105 Å². The van der Waals surface area contributed by atoms with Crippen LogP contribution in [0.2, 0.25) is 0 Å². The molecular formula is C20H20O8S4. The van der Waals surface area contributed by atoms with E-state index in [0.717, 1.165) is 44.5 Å². The first kappa shape index (κ1) is 22.7. The Hall–Kier alpha value is -1.12. The maximum Gasteiger partial charge on any atom is 0.160 e. The van der Waals surface area contributed by atoms with Crippen LogP contribution in [0, 0.1) is 0 Å². The molecule has 0 aliphatic carbocycles. The first-order chi connectivity index (χ1) is 15.4. The third kappa shape index (κ3) is 5.02. The van der Waals surface area contributed by atoms with Crippen molar-refractivity contribution in [1.29, 1.82) is 0 Å². The van der Waals surface area contributed by atoms with Gasteiger partial charge in [0, 0.05) is 0 Å². The summed E-state index contributed by atoms with van der Waals surface area (Å²) in [5.74, 6) is 1.73. The summed E-state index contributed by atoms with van der Waals surface area (Å²) in [4.78, 5) is 0. The molecule has 4 atom stereocenters. The summed E-state index contributed by atoms with van der Waals surface area (Å²) in [6.45, 7) is 1.53. The molecule has 0 N–H and O–H groups in total. The van der Waals surface area contributed by atoms with Gasteiger partial charge in [-0.1, -0.05) is 24.3 Å². The van der Waals surface area contributed by atoms with Gasteiger partial charge in [0.25, 0.3) is 0 Å². The molecule has 0 aromatic heterocycles. The largest absolute Gasteiger partial charge is 0.285 e. The maximum absolute atomic E-state index is 11.3. The lowest BCUT2D eigenvalue weighted by atomic mass is 10.0. The Morgan fingerprint density at radius 1 is 0.406 bits per heavy atom. The summed E-state index contributed by atoms with van der Waals surface area (Å²) in [6.07, 6.45) is 0. The van der Waals surface area contributed by atoms with Crippen molar-refractivity contribution in [1.82, 2.24) is 0 Å². The minimum atomic E-state index is -1.22. The molecule has 8 nitrogen and oxygen atoms in total. The Balaban J connectivity index is 0.000000135. The first-order valence-corrected chi connectivity index (χ1v) is 14.8. The minimum Gasteiger partial charge on any atom is -0.285 e. The van der Waals surface area contributed by atoms with E-state index >= 15 is 0 Å². The van der Waals surface area contributed by atoms with Crippen molar-refractivity contribution in [2.75, 3.05) is 0 Å². The molecule has 4 heterocycles. The van der Waals surface area contributed by atoms with Crippen molar-refractivity contribution >= 4 is 44.3 Å². The van der Waals surface area contributed by atoms with Gasteiger partial charge in [0.1, 0.15) is 0 Å². The normalized spacial score (nSPS) is 28.2. The van der Waals surface area contributed by atoms with Crippen LogP contribution in [-0.2, 0) is 110 Å². The monoisotopic (exact) mass is 516 g/mol. The van der Waals surface area contributed by atoms with E-state index in [2.05, 4.69) is 0 Å². The van der Waals surface area contributed by atoms with Gasteiger partial charge in [0.05, 0.1) is 49.4 Å². The summed E-state index contributed by atoms with van der Waals surface area (Å²) in [7, 11) is 0. The number of benzene rings is 2. The molecule has 0 amide bonds. The van der Waals surface area contributed by atoms with E-state index in [0.29, 0.717) is 49.4 Å². The molecule has 6 rings (SSSR count). The highest BCUT2D eigenvalue weighted by atomic mass is 32.2. The molecule has 2 aromatic carbocycles. The van der Waals surface area contributed by atoms with Crippen molar-refractivity contribution in [2.24, 2.45) is 0 Å². The summed E-state index contributed by atoms with van der Waals surface area (Å²) < 4.78 is 65.4. The van der Waals surface area contributed by atoms with Gasteiger partial charge in [-0.3, -0.25) is 16.7 Å². The van der Waals surface area contributed by atoms with Crippen LogP contribution < -0.4 is 0 Å². The fourth-order valence-corrected chi connectivity index (χ4v) is 7.31. The molecule has 172 valence electrons. The summed E-state index contributed by atoms with van der Waals surface area (Å²) >= 11 is -4.86. The maximum atomic E-state index is 11.3. The fraction of sp³-hybridized carbons (Fsp3) is 0.400. The number of fused-ring (bicyclic) bond motifs is 4. The molecule has 2 aromatic rings. The van der Waals surface area contributed by atoms with Gasteiger partial charge in [-0.2, -0.15) is 0 Å². The van der Waals surface area contributed by atoms with E-state index in [1.165, 1.54) is 0 Å². The van der Waals surface area contributed by atoms with Crippen LogP contribution in [0.3, 0.4) is 0 Å². The van der Waals surface area contributed by atoms with E-state index in [4.69, 9.17) is 16.7 Å². The molecule has 0 saturated carbocycles. The van der Waals surface area contributed by atoms with Crippen molar-refractivity contribution in [3.8, 4) is 0 Å². The van der Waals surface area contributed by atoms with E-state index in [9.17, 15) is 16.8 Å². The zero-order valence-electron chi connectivity index (χ0n) is 16.9. The van der Waals surface area contributed by atoms with Crippen molar-refractivity contribution in [3.05, 3.63) is 68.8 Å². The quantitative estimate of drug-likeness (QED) is 0.525. The average Bonchev–Trinajstić information content (AvgIpc) is 2.77. The van der Waals surface area contributed by atoms with E-state index in [-0.39, 0.29) is 0 Å². The lowest BCUT2D eigenvalue weighted by molar-refractivity contribution is 0.319. The lowest BCUT2D eigenvalue weighted by Crippen LogP contribution is -2.16. The highest BCUT2D eigenvalue weighted by Crippen LogP contribution is 2.29. The van der Waals surface area contributed by atoms with Gasteiger partial charge in [-0.25, -0.2) is 16.8 Å². The van der Waals surface area contributed by atoms with Crippen LogP contribution in [0.25, 0.3) is 0 Å². The van der Waals surface area contributed by atoms with E-state index < -0.39 is 44.3 Å². The second kappa shape index (κ2) is 9.63. The molecule has 4 aliphatic rings. The van der Waals surface area contributed by atoms with Crippen molar-refractivity contribution < 1.29 is 33.6 Å². The number of rotatable bonds is 0. The highest BCUT2D eigenvalue weighted by molar-refractivity contribution is 7.80. The first-order valence-electron chi connectivity index (χ1n) is 9.78. The molecule has 4 aliphatic heterocycles. The van der Waals surface area contributed by atoms with E-state index in [1.807, 2.05) is 24.3 Å². The predicted octanol–water partition coefficient (Wildman–Crippen LogP) is 2.15. The Morgan fingerprint density at radius 2 is 0.625 bits per heavy atom. The van der Waals surface area contributed by atoms with Crippen LogP contribution >= 0.6 is 0 Å².